The van der Waals surface area contributed by atoms with Gasteiger partial charge in [-0.05, 0) is 24.3 Å². The highest BCUT2D eigenvalue weighted by Crippen LogP contribution is 2.23. The Morgan fingerprint density at radius 3 is 2.81 bits per heavy atom. The summed E-state index contributed by atoms with van der Waals surface area (Å²) in [7, 11) is 1.56. The van der Waals surface area contributed by atoms with Crippen molar-refractivity contribution in [2.24, 2.45) is 0 Å². The Morgan fingerprint density at radius 2 is 2.14 bits per heavy atom. The van der Waals surface area contributed by atoms with Crippen LogP contribution >= 0.6 is 0 Å². The molecule has 108 valence electrons. The number of ether oxygens (including phenoxy) is 1. The van der Waals surface area contributed by atoms with Crippen molar-refractivity contribution in [1.29, 1.82) is 0 Å². The highest BCUT2D eigenvalue weighted by atomic mass is 16.5. The number of para-hydroxylation sites is 2. The second-order valence-electron chi connectivity index (χ2n) is 4.26. The maximum atomic E-state index is 12.1. The van der Waals surface area contributed by atoms with Gasteiger partial charge in [0.2, 0.25) is 0 Å². The molecule has 2 N–H and O–H groups in total. The van der Waals surface area contributed by atoms with Gasteiger partial charge >= 0.3 is 0 Å². The third-order valence-electron chi connectivity index (χ3n) is 2.80. The number of hydrogen-bond donors (Lipinski definition) is 2. The van der Waals surface area contributed by atoms with Gasteiger partial charge in [0, 0.05) is 6.54 Å². The first-order valence-electron chi connectivity index (χ1n) is 6.50. The molecule has 2 aromatic rings. The smallest absolute Gasteiger partial charge is 0.274 e. The lowest BCUT2D eigenvalue weighted by atomic mass is 10.2. The minimum atomic E-state index is -0.283. The van der Waals surface area contributed by atoms with Gasteiger partial charge in [-0.2, -0.15) is 0 Å². The van der Waals surface area contributed by atoms with Crippen LogP contribution in [0.2, 0.25) is 0 Å². The van der Waals surface area contributed by atoms with Gasteiger partial charge in [0.15, 0.2) is 0 Å². The predicted octanol–water partition coefficient (Wildman–Crippen LogP) is 2.94. The van der Waals surface area contributed by atoms with E-state index in [-0.39, 0.29) is 5.91 Å². The van der Waals surface area contributed by atoms with E-state index in [2.05, 4.69) is 22.2 Å². The van der Waals surface area contributed by atoms with Crippen LogP contribution in [0.1, 0.15) is 10.5 Å². The first kappa shape index (κ1) is 14.6. The van der Waals surface area contributed by atoms with Crippen LogP contribution in [0.5, 0.6) is 5.75 Å². The zero-order valence-electron chi connectivity index (χ0n) is 11.8. The van der Waals surface area contributed by atoms with Crippen molar-refractivity contribution in [3.63, 3.8) is 0 Å². The molecule has 0 aliphatic carbocycles. The number of amides is 1. The lowest BCUT2D eigenvalue weighted by Crippen LogP contribution is -2.14. The number of carbonyl (C=O) groups is 1. The van der Waals surface area contributed by atoms with Gasteiger partial charge in [-0.15, -0.1) is 6.58 Å². The fourth-order valence-corrected chi connectivity index (χ4v) is 1.76. The monoisotopic (exact) mass is 283 g/mol. The van der Waals surface area contributed by atoms with E-state index < -0.39 is 0 Å². The first-order chi connectivity index (χ1) is 10.2. The minimum absolute atomic E-state index is 0.283. The van der Waals surface area contributed by atoms with Crippen LogP contribution in [0, 0.1) is 0 Å². The van der Waals surface area contributed by atoms with Crippen LogP contribution in [0.15, 0.2) is 55.3 Å². The number of carbonyl (C=O) groups excluding carboxylic acids is 1. The third kappa shape index (κ3) is 3.82. The molecule has 1 aromatic carbocycles. The van der Waals surface area contributed by atoms with Gasteiger partial charge in [0.05, 0.1) is 24.7 Å². The molecule has 0 spiro atoms. The average molecular weight is 283 g/mol. The van der Waals surface area contributed by atoms with Crippen LogP contribution < -0.4 is 15.4 Å². The fraction of sp³-hybridized carbons (Fsp3) is 0.125. The second-order valence-corrected chi connectivity index (χ2v) is 4.26. The SMILES string of the molecule is C=CCNc1ccc(C(=O)Nc2ccccc2OC)nc1. The van der Waals surface area contributed by atoms with Crippen molar-refractivity contribution in [2.45, 2.75) is 0 Å². The molecule has 1 amide bonds. The molecule has 0 atom stereocenters. The maximum Gasteiger partial charge on any atom is 0.274 e. The molecule has 5 nitrogen and oxygen atoms in total. The summed E-state index contributed by atoms with van der Waals surface area (Å²) >= 11 is 0. The van der Waals surface area contributed by atoms with E-state index in [0.29, 0.717) is 23.7 Å². The van der Waals surface area contributed by atoms with E-state index in [1.165, 1.54) is 0 Å². The van der Waals surface area contributed by atoms with Crippen LogP contribution in [0.4, 0.5) is 11.4 Å². The standard InChI is InChI=1S/C16H17N3O2/c1-3-10-17-12-8-9-14(18-11-12)16(20)19-13-6-4-5-7-15(13)21-2/h3-9,11,17H,1,10H2,2H3,(H,19,20). The Morgan fingerprint density at radius 1 is 1.33 bits per heavy atom. The average Bonchev–Trinajstić information content (AvgIpc) is 2.54. The number of nitrogens with one attached hydrogen (secondary N) is 2. The maximum absolute atomic E-state index is 12.1. The van der Waals surface area contributed by atoms with Crippen LogP contribution in [-0.4, -0.2) is 24.5 Å². The molecule has 1 aromatic heterocycles. The highest BCUT2D eigenvalue weighted by Gasteiger charge is 2.10. The summed E-state index contributed by atoms with van der Waals surface area (Å²) in [5, 5.41) is 5.87. The number of pyridine rings is 1. The molecule has 0 unspecified atom stereocenters. The number of methoxy groups -OCH3 is 1. The van der Waals surface area contributed by atoms with Gasteiger partial charge in [0.25, 0.3) is 5.91 Å². The predicted molar refractivity (Wildman–Crippen MR) is 83.9 cm³/mol. The van der Waals surface area contributed by atoms with Gasteiger partial charge in [-0.1, -0.05) is 18.2 Å². The van der Waals surface area contributed by atoms with E-state index in [0.717, 1.165) is 5.69 Å². The third-order valence-corrected chi connectivity index (χ3v) is 2.80. The van der Waals surface area contributed by atoms with Crippen LogP contribution in [-0.2, 0) is 0 Å². The Balaban J connectivity index is 2.07. The van der Waals surface area contributed by atoms with Crippen LogP contribution in [0.3, 0.4) is 0 Å². The number of aromatic nitrogens is 1. The zero-order valence-corrected chi connectivity index (χ0v) is 11.8. The normalized spacial score (nSPS) is 9.76. The molecule has 0 saturated carbocycles. The molecule has 0 radical (unpaired) electrons. The van der Waals surface area contributed by atoms with E-state index >= 15 is 0 Å². The van der Waals surface area contributed by atoms with E-state index in [1.807, 2.05) is 12.1 Å². The van der Waals surface area contributed by atoms with Crippen molar-refractivity contribution in [2.75, 3.05) is 24.3 Å². The van der Waals surface area contributed by atoms with Gasteiger partial charge in [0.1, 0.15) is 11.4 Å². The summed E-state index contributed by atoms with van der Waals surface area (Å²) in [5.41, 5.74) is 1.79. The molecule has 0 aliphatic heterocycles. The summed E-state index contributed by atoms with van der Waals surface area (Å²) in [4.78, 5) is 16.3. The number of nitrogens with zero attached hydrogens (tertiary/aromatic N) is 1. The number of hydrogen-bond acceptors (Lipinski definition) is 4. The fourth-order valence-electron chi connectivity index (χ4n) is 1.76. The van der Waals surface area contributed by atoms with Crippen molar-refractivity contribution in [3.8, 4) is 5.75 Å². The Labute approximate surface area is 123 Å². The molecule has 0 fully saturated rings. The Hall–Kier alpha value is -2.82. The quantitative estimate of drug-likeness (QED) is 0.800. The number of rotatable bonds is 6. The zero-order chi connectivity index (χ0) is 15.1. The lowest BCUT2D eigenvalue weighted by molar-refractivity contribution is 0.102. The van der Waals surface area contributed by atoms with Crippen LogP contribution in [0.25, 0.3) is 0 Å². The molecular weight excluding hydrogens is 266 g/mol. The van der Waals surface area contributed by atoms with Gasteiger partial charge in [-0.3, -0.25) is 4.79 Å². The minimum Gasteiger partial charge on any atom is -0.495 e. The second kappa shape index (κ2) is 7.09. The topological polar surface area (TPSA) is 63.2 Å². The van der Waals surface area contributed by atoms with E-state index in [1.54, 1.807) is 43.6 Å². The molecular formula is C16H17N3O2. The summed E-state index contributed by atoms with van der Waals surface area (Å²) < 4.78 is 5.19. The Bertz CT molecular complexity index is 624. The molecule has 0 bridgehead atoms. The number of anilines is 2. The molecule has 0 saturated heterocycles. The summed E-state index contributed by atoms with van der Waals surface area (Å²) in [6.45, 7) is 4.27. The molecule has 2 rings (SSSR count). The summed E-state index contributed by atoms with van der Waals surface area (Å²) in [5.74, 6) is 0.324. The number of benzene rings is 1. The molecule has 0 aliphatic rings. The largest absolute Gasteiger partial charge is 0.495 e. The van der Waals surface area contributed by atoms with Crippen molar-refractivity contribution < 1.29 is 9.53 Å². The first-order valence-corrected chi connectivity index (χ1v) is 6.50. The van der Waals surface area contributed by atoms with Crippen molar-refractivity contribution >= 4 is 17.3 Å². The van der Waals surface area contributed by atoms with Crippen molar-refractivity contribution in [3.05, 3.63) is 60.9 Å². The summed E-state index contributed by atoms with van der Waals surface area (Å²) in [6.07, 6.45) is 3.36. The van der Waals surface area contributed by atoms with E-state index in [9.17, 15) is 4.79 Å². The Kier molecular flexibility index (Phi) is 4.93. The highest BCUT2D eigenvalue weighted by molar-refractivity contribution is 6.03. The van der Waals surface area contributed by atoms with E-state index in [4.69, 9.17) is 4.74 Å². The molecule has 1 heterocycles. The van der Waals surface area contributed by atoms with Gasteiger partial charge in [-0.25, -0.2) is 4.98 Å². The summed E-state index contributed by atoms with van der Waals surface area (Å²) in [6, 6.07) is 10.7. The molecule has 5 heteroatoms. The lowest BCUT2D eigenvalue weighted by Gasteiger charge is -2.09. The van der Waals surface area contributed by atoms with Gasteiger partial charge < -0.3 is 15.4 Å². The van der Waals surface area contributed by atoms with Crippen molar-refractivity contribution in [1.82, 2.24) is 4.98 Å². The molecule has 21 heavy (non-hydrogen) atoms.